The van der Waals surface area contributed by atoms with Gasteiger partial charge in [0.25, 0.3) is 0 Å². The van der Waals surface area contributed by atoms with Crippen molar-refractivity contribution in [1.82, 2.24) is 15.3 Å². The summed E-state index contributed by atoms with van der Waals surface area (Å²) < 4.78 is 0. The topological polar surface area (TPSA) is 73.4 Å². The highest BCUT2D eigenvalue weighted by atomic mass is 16.1. The number of nitrogens with one attached hydrogen (secondary N) is 2. The molecule has 0 radical (unpaired) electrons. The Labute approximate surface area is 176 Å². The molecular weight excluding hydrogens is 376 g/mol. The Bertz CT molecular complexity index is 1020. The van der Waals surface area contributed by atoms with Crippen LogP contribution in [0.25, 0.3) is 0 Å². The van der Waals surface area contributed by atoms with Crippen molar-refractivity contribution in [3.8, 4) is 0 Å². The van der Waals surface area contributed by atoms with Gasteiger partial charge in [0, 0.05) is 55.8 Å². The number of fused-ring (bicyclic) bond motifs is 3. The largest absolute Gasteiger partial charge is 0.355 e. The molecule has 5 heterocycles. The Morgan fingerprint density at radius 2 is 2.07 bits per heavy atom. The Kier molecular flexibility index (Phi) is 3.87. The van der Waals surface area contributed by atoms with E-state index in [9.17, 15) is 4.79 Å². The molecular formula is C23H28N6O. The van der Waals surface area contributed by atoms with Gasteiger partial charge in [0.2, 0.25) is 5.91 Å². The summed E-state index contributed by atoms with van der Waals surface area (Å²) in [4.78, 5) is 25.9. The van der Waals surface area contributed by atoms with Gasteiger partial charge in [-0.15, -0.1) is 0 Å². The van der Waals surface area contributed by atoms with Gasteiger partial charge < -0.3 is 20.4 Å². The van der Waals surface area contributed by atoms with Gasteiger partial charge in [-0.05, 0) is 56.3 Å². The van der Waals surface area contributed by atoms with Crippen LogP contribution in [0.2, 0.25) is 0 Å². The molecule has 2 N–H and O–H groups in total. The average Bonchev–Trinajstić information content (AvgIpc) is 3.03. The van der Waals surface area contributed by atoms with Crippen LogP contribution in [0.3, 0.4) is 0 Å². The first-order chi connectivity index (χ1) is 14.5. The molecule has 0 aromatic carbocycles. The van der Waals surface area contributed by atoms with Gasteiger partial charge in [0.1, 0.15) is 17.5 Å². The summed E-state index contributed by atoms with van der Waals surface area (Å²) in [6.07, 6.45) is 5.60. The average molecular weight is 405 g/mol. The molecule has 7 nitrogen and oxygen atoms in total. The number of hydrogen-bond donors (Lipinski definition) is 2. The summed E-state index contributed by atoms with van der Waals surface area (Å²) in [5, 5.41) is 6.47. The van der Waals surface area contributed by atoms with Gasteiger partial charge >= 0.3 is 0 Å². The van der Waals surface area contributed by atoms with Crippen molar-refractivity contribution in [2.24, 2.45) is 5.92 Å². The van der Waals surface area contributed by atoms with Crippen molar-refractivity contribution in [2.75, 3.05) is 41.3 Å². The smallest absolute Gasteiger partial charge is 0.222 e. The molecule has 2 atom stereocenters. The third kappa shape index (κ3) is 2.87. The number of hydrogen-bond acceptors (Lipinski definition) is 6. The van der Waals surface area contributed by atoms with Gasteiger partial charge in [-0.25, -0.2) is 9.97 Å². The van der Waals surface area contributed by atoms with Gasteiger partial charge in [0.05, 0.1) is 5.69 Å². The summed E-state index contributed by atoms with van der Waals surface area (Å²) in [6, 6.07) is 7.01. The van der Waals surface area contributed by atoms with E-state index in [2.05, 4.69) is 44.5 Å². The van der Waals surface area contributed by atoms with Crippen LogP contribution in [-0.2, 0) is 10.2 Å². The van der Waals surface area contributed by atoms with Gasteiger partial charge in [0.15, 0.2) is 0 Å². The van der Waals surface area contributed by atoms with Crippen molar-refractivity contribution >= 4 is 29.0 Å². The molecule has 2 saturated heterocycles. The van der Waals surface area contributed by atoms with E-state index in [0.717, 1.165) is 49.4 Å². The molecule has 2 aromatic heterocycles. The summed E-state index contributed by atoms with van der Waals surface area (Å²) in [7, 11) is 0. The van der Waals surface area contributed by atoms with Crippen LogP contribution in [0.4, 0.5) is 23.1 Å². The number of pyridine rings is 2. The van der Waals surface area contributed by atoms with Crippen molar-refractivity contribution in [3.63, 3.8) is 0 Å². The maximum absolute atomic E-state index is 11.5. The SMILES string of the molecule is CC(=O)Nc1cc2c(cn1)C1(CC1)CN2c1cc(C)cc(N2CC3CCNC3C2)n1. The first-order valence-corrected chi connectivity index (χ1v) is 11.0. The molecule has 2 unspecified atom stereocenters. The van der Waals surface area contributed by atoms with Crippen molar-refractivity contribution < 1.29 is 4.79 Å². The quantitative estimate of drug-likeness (QED) is 0.820. The Hall–Kier alpha value is -2.67. The minimum atomic E-state index is -0.0997. The molecule has 156 valence electrons. The van der Waals surface area contributed by atoms with Crippen molar-refractivity contribution in [1.29, 1.82) is 0 Å². The standard InChI is InChI=1S/C23H28N6O/c1-14-7-21(28-11-16-3-6-24-18(16)12-28)27-22(8-14)29-13-23(4-5-23)17-10-25-20(9-19(17)29)26-15(2)30/h7-10,16,18,24H,3-6,11-13H2,1-2H3,(H,25,26,30). The van der Waals surface area contributed by atoms with E-state index in [-0.39, 0.29) is 11.3 Å². The van der Waals surface area contributed by atoms with E-state index in [0.29, 0.717) is 11.9 Å². The molecule has 30 heavy (non-hydrogen) atoms. The van der Waals surface area contributed by atoms with E-state index < -0.39 is 0 Å². The maximum atomic E-state index is 11.5. The molecule has 6 rings (SSSR count). The Balaban J connectivity index is 1.36. The molecule has 0 bridgehead atoms. The molecule has 1 spiro atoms. The summed E-state index contributed by atoms with van der Waals surface area (Å²) >= 11 is 0. The van der Waals surface area contributed by atoms with E-state index in [4.69, 9.17) is 4.98 Å². The van der Waals surface area contributed by atoms with Gasteiger partial charge in [-0.2, -0.15) is 0 Å². The summed E-state index contributed by atoms with van der Waals surface area (Å²) in [5.41, 5.74) is 3.86. The fourth-order valence-corrected chi connectivity index (χ4v) is 5.55. The number of anilines is 4. The van der Waals surface area contributed by atoms with Crippen LogP contribution < -0.4 is 20.4 Å². The number of carbonyl (C=O) groups excluding carboxylic acids is 1. The lowest BCUT2D eigenvalue weighted by Crippen LogP contribution is -2.30. The first-order valence-electron chi connectivity index (χ1n) is 11.0. The number of aryl methyl sites for hydroxylation is 1. The highest BCUT2D eigenvalue weighted by Crippen LogP contribution is 2.58. The van der Waals surface area contributed by atoms with Crippen molar-refractivity contribution in [3.05, 3.63) is 35.5 Å². The molecule has 1 amide bonds. The van der Waals surface area contributed by atoms with Crippen LogP contribution in [-0.4, -0.2) is 48.1 Å². The minimum Gasteiger partial charge on any atom is -0.355 e. The number of nitrogens with zero attached hydrogens (tertiary/aromatic N) is 4. The van der Waals surface area contributed by atoms with Crippen LogP contribution in [0.5, 0.6) is 0 Å². The zero-order valence-corrected chi connectivity index (χ0v) is 17.6. The molecule has 2 aromatic rings. The molecule has 4 aliphatic rings. The van der Waals surface area contributed by atoms with E-state index in [1.165, 1.54) is 37.3 Å². The fraction of sp³-hybridized carbons (Fsp3) is 0.522. The van der Waals surface area contributed by atoms with E-state index in [1.54, 1.807) is 0 Å². The lowest BCUT2D eigenvalue weighted by molar-refractivity contribution is -0.114. The number of rotatable bonds is 3. The third-order valence-electron chi connectivity index (χ3n) is 7.27. The normalized spacial score (nSPS) is 25.5. The second-order valence-corrected chi connectivity index (χ2v) is 9.51. The van der Waals surface area contributed by atoms with Crippen molar-refractivity contribution in [2.45, 2.75) is 44.6 Å². The molecule has 3 fully saturated rings. The first kappa shape index (κ1) is 18.1. The molecule has 7 heteroatoms. The maximum Gasteiger partial charge on any atom is 0.222 e. The fourth-order valence-electron chi connectivity index (χ4n) is 5.55. The van der Waals surface area contributed by atoms with E-state index in [1.807, 2.05) is 12.3 Å². The Morgan fingerprint density at radius 3 is 2.83 bits per heavy atom. The zero-order valence-electron chi connectivity index (χ0n) is 17.6. The zero-order chi connectivity index (χ0) is 20.5. The Morgan fingerprint density at radius 1 is 1.23 bits per heavy atom. The predicted molar refractivity (Wildman–Crippen MR) is 118 cm³/mol. The second kappa shape index (κ2) is 6.41. The minimum absolute atomic E-state index is 0.0997. The van der Waals surface area contributed by atoms with Gasteiger partial charge in [-0.3, -0.25) is 4.79 Å². The predicted octanol–water partition coefficient (Wildman–Crippen LogP) is 2.72. The van der Waals surface area contributed by atoms with Crippen LogP contribution in [0.15, 0.2) is 24.4 Å². The number of amides is 1. The molecule has 1 saturated carbocycles. The summed E-state index contributed by atoms with van der Waals surface area (Å²) in [5.74, 6) is 3.33. The number of carbonyl (C=O) groups is 1. The lowest BCUT2D eigenvalue weighted by atomic mass is 10.0. The lowest BCUT2D eigenvalue weighted by Gasteiger charge is -2.24. The monoisotopic (exact) mass is 404 g/mol. The second-order valence-electron chi connectivity index (χ2n) is 9.51. The highest BCUT2D eigenvalue weighted by molar-refractivity contribution is 5.89. The highest BCUT2D eigenvalue weighted by Gasteiger charge is 2.52. The summed E-state index contributed by atoms with van der Waals surface area (Å²) in [6.45, 7) is 7.89. The van der Waals surface area contributed by atoms with Crippen LogP contribution >= 0.6 is 0 Å². The number of aromatic nitrogens is 2. The van der Waals surface area contributed by atoms with Gasteiger partial charge in [-0.1, -0.05) is 0 Å². The van der Waals surface area contributed by atoms with Crippen LogP contribution in [0.1, 0.15) is 37.3 Å². The third-order valence-corrected chi connectivity index (χ3v) is 7.27. The molecule has 3 aliphatic heterocycles. The van der Waals surface area contributed by atoms with Crippen LogP contribution in [0, 0.1) is 12.8 Å². The van der Waals surface area contributed by atoms with E-state index >= 15 is 0 Å². The molecule has 1 aliphatic carbocycles.